The highest BCUT2D eigenvalue weighted by Crippen LogP contribution is 2.11. The van der Waals surface area contributed by atoms with Crippen LogP contribution in [0.25, 0.3) is 0 Å². The lowest BCUT2D eigenvalue weighted by Crippen LogP contribution is -2.39. The minimum absolute atomic E-state index is 0.110. The van der Waals surface area contributed by atoms with Crippen molar-refractivity contribution in [3.8, 4) is 12.3 Å². The van der Waals surface area contributed by atoms with E-state index in [4.69, 9.17) is 11.5 Å². The Morgan fingerprint density at radius 3 is 2.71 bits per heavy atom. The van der Waals surface area contributed by atoms with Crippen molar-refractivity contribution in [1.29, 1.82) is 0 Å². The summed E-state index contributed by atoms with van der Waals surface area (Å²) in [5.74, 6) is 0.974. The molecule has 0 saturated heterocycles. The Kier molecular flexibility index (Phi) is 7.63. The average Bonchev–Trinajstić information content (AvgIpc) is 2.30. The maximum Gasteiger partial charge on any atom is 0.327 e. The predicted molar refractivity (Wildman–Crippen MR) is 64.4 cm³/mol. The summed E-state index contributed by atoms with van der Waals surface area (Å²) in [5, 5.41) is 12.9. The van der Waals surface area contributed by atoms with Crippen molar-refractivity contribution in [2.24, 2.45) is 0 Å². The Morgan fingerprint density at radius 2 is 2.24 bits per heavy atom. The molecular formula is C10H14N2O4S. The van der Waals surface area contributed by atoms with Gasteiger partial charge in [0, 0.05) is 5.75 Å². The van der Waals surface area contributed by atoms with E-state index in [0.29, 0.717) is 6.41 Å². The lowest BCUT2D eigenvalue weighted by atomic mass is 10.3. The topological polar surface area (TPSA) is 95.5 Å². The second kappa shape index (κ2) is 8.47. The molecule has 0 spiro atoms. The van der Waals surface area contributed by atoms with Crippen LogP contribution in [0, 0.1) is 12.3 Å². The molecule has 0 aromatic carbocycles. The van der Waals surface area contributed by atoms with Crippen LogP contribution >= 0.6 is 11.8 Å². The number of carbonyl (C=O) groups excluding carboxylic acids is 2. The van der Waals surface area contributed by atoms with Crippen LogP contribution < -0.4 is 10.6 Å². The van der Waals surface area contributed by atoms with Gasteiger partial charge in [0.05, 0.1) is 11.8 Å². The monoisotopic (exact) mass is 258 g/mol. The summed E-state index contributed by atoms with van der Waals surface area (Å²) in [6, 6.07) is -1.000. The van der Waals surface area contributed by atoms with Gasteiger partial charge in [-0.25, -0.2) is 4.79 Å². The molecule has 0 aliphatic carbocycles. The summed E-state index contributed by atoms with van der Waals surface area (Å²) in [7, 11) is 0. The molecule has 2 amide bonds. The molecule has 3 N–H and O–H groups in total. The van der Waals surface area contributed by atoms with Crippen LogP contribution in [0.4, 0.5) is 0 Å². The molecule has 7 heteroatoms. The van der Waals surface area contributed by atoms with Gasteiger partial charge >= 0.3 is 5.97 Å². The van der Waals surface area contributed by atoms with Crippen LogP contribution in [0.5, 0.6) is 0 Å². The van der Waals surface area contributed by atoms with Crippen molar-refractivity contribution in [3.63, 3.8) is 0 Å². The number of carboxylic acids is 1. The first kappa shape index (κ1) is 15.3. The largest absolute Gasteiger partial charge is 0.480 e. The molecule has 0 heterocycles. The van der Waals surface area contributed by atoms with Crippen molar-refractivity contribution < 1.29 is 19.5 Å². The summed E-state index contributed by atoms with van der Waals surface area (Å²) in [4.78, 5) is 32.2. The van der Waals surface area contributed by atoms with Gasteiger partial charge in [-0.2, -0.15) is 0 Å². The smallest absolute Gasteiger partial charge is 0.327 e. The van der Waals surface area contributed by atoms with Gasteiger partial charge in [0.1, 0.15) is 6.04 Å². The minimum Gasteiger partial charge on any atom is -0.480 e. The summed E-state index contributed by atoms with van der Waals surface area (Å²) >= 11 is 1.13. The fraction of sp³-hybridized carbons (Fsp3) is 0.500. The minimum atomic E-state index is -1.14. The maximum absolute atomic E-state index is 11.4. The Labute approximate surface area is 104 Å². The molecule has 0 aromatic rings. The fourth-order valence-corrected chi connectivity index (χ4v) is 1.83. The number of carboxylic acid groups (broad SMARTS) is 1. The normalized spacial score (nSPS) is 12.9. The van der Waals surface area contributed by atoms with E-state index in [1.54, 1.807) is 6.92 Å². The summed E-state index contributed by atoms with van der Waals surface area (Å²) in [6.45, 7) is 1.77. The molecular weight excluding hydrogens is 244 g/mol. The van der Waals surface area contributed by atoms with E-state index in [9.17, 15) is 14.4 Å². The molecule has 0 aliphatic heterocycles. The van der Waals surface area contributed by atoms with E-state index in [-0.39, 0.29) is 18.2 Å². The molecule has 6 nitrogen and oxygen atoms in total. The van der Waals surface area contributed by atoms with E-state index in [1.165, 1.54) is 0 Å². The molecule has 17 heavy (non-hydrogen) atoms. The number of amides is 2. The second-order valence-electron chi connectivity index (χ2n) is 3.07. The highest BCUT2D eigenvalue weighted by atomic mass is 32.2. The maximum atomic E-state index is 11.4. The molecule has 2 unspecified atom stereocenters. The third-order valence-electron chi connectivity index (χ3n) is 1.81. The SMILES string of the molecule is C#CCNC(=O)C(C)SCC(NC=O)C(=O)O. The van der Waals surface area contributed by atoms with Crippen molar-refractivity contribution >= 4 is 30.0 Å². The molecule has 0 rings (SSSR count). The summed E-state index contributed by atoms with van der Waals surface area (Å²) < 4.78 is 0. The van der Waals surface area contributed by atoms with Gasteiger partial charge in [0.25, 0.3) is 0 Å². The Bertz CT molecular complexity index is 327. The zero-order chi connectivity index (χ0) is 13.3. The van der Waals surface area contributed by atoms with Crippen LogP contribution in [0.1, 0.15) is 6.92 Å². The molecule has 2 atom stereocenters. The van der Waals surface area contributed by atoms with Crippen molar-refractivity contribution in [2.75, 3.05) is 12.3 Å². The van der Waals surface area contributed by atoms with Gasteiger partial charge in [-0.3, -0.25) is 9.59 Å². The van der Waals surface area contributed by atoms with Crippen LogP contribution in [0.3, 0.4) is 0 Å². The highest BCUT2D eigenvalue weighted by molar-refractivity contribution is 8.00. The molecule has 0 fully saturated rings. The van der Waals surface area contributed by atoms with Crippen molar-refractivity contribution in [1.82, 2.24) is 10.6 Å². The van der Waals surface area contributed by atoms with E-state index in [0.717, 1.165) is 11.8 Å². The third-order valence-corrected chi connectivity index (χ3v) is 3.05. The first-order chi connectivity index (χ1) is 8.02. The third kappa shape index (κ3) is 6.48. The fourth-order valence-electron chi connectivity index (χ4n) is 0.871. The first-order valence-electron chi connectivity index (χ1n) is 4.78. The molecule has 94 valence electrons. The zero-order valence-corrected chi connectivity index (χ0v) is 10.1. The second-order valence-corrected chi connectivity index (χ2v) is 4.45. The number of carbonyl (C=O) groups is 3. The highest BCUT2D eigenvalue weighted by Gasteiger charge is 2.20. The van der Waals surface area contributed by atoms with Crippen LogP contribution in [-0.4, -0.2) is 47.0 Å². The van der Waals surface area contributed by atoms with Gasteiger partial charge in [0.15, 0.2) is 0 Å². The number of rotatable bonds is 8. The van der Waals surface area contributed by atoms with E-state index in [1.807, 2.05) is 0 Å². The number of hydrogen-bond acceptors (Lipinski definition) is 4. The van der Waals surface area contributed by atoms with Crippen molar-refractivity contribution in [2.45, 2.75) is 18.2 Å². The van der Waals surface area contributed by atoms with Gasteiger partial charge in [-0.15, -0.1) is 18.2 Å². The number of thioether (sulfide) groups is 1. The van der Waals surface area contributed by atoms with Crippen LogP contribution in [-0.2, 0) is 14.4 Å². The molecule has 0 radical (unpaired) electrons. The quantitative estimate of drug-likeness (QED) is 0.385. The molecule has 0 aliphatic rings. The molecule has 0 bridgehead atoms. The van der Waals surface area contributed by atoms with Gasteiger partial charge in [0.2, 0.25) is 12.3 Å². The number of nitrogens with one attached hydrogen (secondary N) is 2. The Balaban J connectivity index is 4.07. The summed E-state index contributed by atoms with van der Waals surface area (Å²) in [5.41, 5.74) is 0. The Hall–Kier alpha value is -1.68. The number of aliphatic carboxylic acids is 1. The summed E-state index contributed by atoms with van der Waals surface area (Å²) in [6.07, 6.45) is 5.30. The van der Waals surface area contributed by atoms with Crippen LogP contribution in [0.15, 0.2) is 0 Å². The zero-order valence-electron chi connectivity index (χ0n) is 9.30. The average molecular weight is 258 g/mol. The van der Waals surface area contributed by atoms with E-state index < -0.39 is 17.3 Å². The Morgan fingerprint density at radius 1 is 1.59 bits per heavy atom. The first-order valence-corrected chi connectivity index (χ1v) is 5.83. The van der Waals surface area contributed by atoms with Gasteiger partial charge < -0.3 is 15.7 Å². The van der Waals surface area contributed by atoms with Gasteiger partial charge in [-0.05, 0) is 6.92 Å². The standard InChI is InChI=1S/C10H14N2O4S/c1-3-4-11-9(14)7(2)17-5-8(10(15)16)12-6-13/h1,6-8H,4-5H2,2H3,(H,11,14)(H,12,13)(H,15,16). The number of terminal acetylenes is 1. The molecule has 0 aromatic heterocycles. The lowest BCUT2D eigenvalue weighted by Gasteiger charge is -2.14. The lowest BCUT2D eigenvalue weighted by molar-refractivity contribution is -0.139. The van der Waals surface area contributed by atoms with Gasteiger partial charge in [-0.1, -0.05) is 5.92 Å². The predicted octanol–water partition coefficient (Wildman–Crippen LogP) is -0.943. The molecule has 0 saturated carbocycles. The number of hydrogen-bond donors (Lipinski definition) is 3. The van der Waals surface area contributed by atoms with Crippen LogP contribution in [0.2, 0.25) is 0 Å². The van der Waals surface area contributed by atoms with E-state index >= 15 is 0 Å². The van der Waals surface area contributed by atoms with E-state index in [2.05, 4.69) is 16.6 Å². The van der Waals surface area contributed by atoms with Crippen molar-refractivity contribution in [3.05, 3.63) is 0 Å².